The Hall–Kier alpha value is -2.29. The zero-order valence-corrected chi connectivity index (χ0v) is 21.4. The van der Waals surface area contributed by atoms with Crippen molar-refractivity contribution in [2.45, 2.75) is 12.5 Å². The first-order valence-electron chi connectivity index (χ1n) is 9.92. The van der Waals surface area contributed by atoms with Gasteiger partial charge in [-0.2, -0.15) is 5.10 Å². The molecule has 8 heteroatoms. The summed E-state index contributed by atoms with van der Waals surface area (Å²) in [4.78, 5) is 26.9. The first-order chi connectivity index (χ1) is 15.4. The molecule has 0 radical (unpaired) electrons. The highest BCUT2D eigenvalue weighted by atomic mass is 79.9. The largest absolute Gasteiger partial charge is 0.301 e. The van der Waals surface area contributed by atoms with Gasteiger partial charge in [-0.05, 0) is 53.6 Å². The monoisotopic (exact) mass is 615 g/mol. The molecule has 0 N–H and O–H groups in total. The van der Waals surface area contributed by atoms with Gasteiger partial charge in [-0.1, -0.05) is 72.1 Å². The lowest BCUT2D eigenvalue weighted by Crippen LogP contribution is -2.39. The number of hydrogen-bond acceptors (Lipinski definition) is 4. The number of halogens is 3. The number of benzene rings is 3. The summed E-state index contributed by atoms with van der Waals surface area (Å²) in [5.74, 6) is -1.02. The van der Waals surface area contributed by atoms with Crippen LogP contribution in [0.3, 0.4) is 0 Å². The van der Waals surface area contributed by atoms with Crippen molar-refractivity contribution in [1.29, 1.82) is 0 Å². The number of amides is 1. The lowest BCUT2D eigenvalue weighted by Gasteiger charge is -2.28. The minimum Gasteiger partial charge on any atom is -0.285 e. The minimum absolute atomic E-state index is 0.0517. The SMILES string of the molecule is O=C1C(=O)N(CN2N=C(c3ccc(Br)cc3)C[C@@H]2c2ccc(Br)cc2)c2ccc(Br)cc21. The van der Waals surface area contributed by atoms with E-state index in [1.54, 1.807) is 12.1 Å². The van der Waals surface area contributed by atoms with E-state index in [1.807, 2.05) is 47.5 Å². The first kappa shape index (κ1) is 21.6. The predicted molar refractivity (Wildman–Crippen MR) is 135 cm³/mol. The maximum atomic E-state index is 12.8. The minimum atomic E-state index is -0.528. The summed E-state index contributed by atoms with van der Waals surface area (Å²) in [6.07, 6.45) is 0.701. The molecule has 32 heavy (non-hydrogen) atoms. The quantitative estimate of drug-likeness (QED) is 0.323. The first-order valence-corrected chi connectivity index (χ1v) is 12.3. The van der Waals surface area contributed by atoms with E-state index in [2.05, 4.69) is 59.9 Å². The fourth-order valence-electron chi connectivity index (χ4n) is 4.03. The molecule has 2 aliphatic rings. The van der Waals surface area contributed by atoms with Gasteiger partial charge in [0.05, 0.1) is 23.0 Å². The Bertz CT molecular complexity index is 1260. The molecule has 0 aromatic heterocycles. The van der Waals surface area contributed by atoms with Crippen LogP contribution in [0.1, 0.15) is 33.9 Å². The highest BCUT2D eigenvalue weighted by Gasteiger charge is 2.39. The van der Waals surface area contributed by atoms with Crippen LogP contribution < -0.4 is 4.90 Å². The topological polar surface area (TPSA) is 53.0 Å². The molecule has 1 atom stereocenters. The van der Waals surface area contributed by atoms with E-state index in [1.165, 1.54) is 4.90 Å². The number of rotatable bonds is 4. The molecule has 0 bridgehead atoms. The number of nitrogens with zero attached hydrogens (tertiary/aromatic N) is 3. The molecule has 0 spiro atoms. The van der Waals surface area contributed by atoms with E-state index in [4.69, 9.17) is 5.10 Å². The Kier molecular flexibility index (Phi) is 5.77. The maximum Gasteiger partial charge on any atom is 0.301 e. The van der Waals surface area contributed by atoms with Gasteiger partial charge in [-0.3, -0.25) is 19.5 Å². The van der Waals surface area contributed by atoms with E-state index in [0.29, 0.717) is 17.7 Å². The lowest BCUT2D eigenvalue weighted by atomic mass is 9.99. The van der Waals surface area contributed by atoms with Gasteiger partial charge in [0.1, 0.15) is 6.67 Å². The maximum absolute atomic E-state index is 12.8. The molecule has 3 aromatic rings. The summed E-state index contributed by atoms with van der Waals surface area (Å²) in [7, 11) is 0. The number of ketones is 1. The zero-order chi connectivity index (χ0) is 22.4. The molecule has 160 valence electrons. The number of Topliss-reactive ketones (excluding diaryl/α,β-unsaturated/α-hetero) is 1. The Morgan fingerprint density at radius 1 is 0.844 bits per heavy atom. The summed E-state index contributed by atoms with van der Waals surface area (Å²) < 4.78 is 2.77. The van der Waals surface area contributed by atoms with E-state index < -0.39 is 11.7 Å². The second-order valence-electron chi connectivity index (χ2n) is 7.63. The molecule has 5 rings (SSSR count). The van der Waals surface area contributed by atoms with Crippen molar-refractivity contribution in [2.75, 3.05) is 11.6 Å². The Morgan fingerprint density at radius 3 is 2.16 bits per heavy atom. The fraction of sp³-hybridized carbons (Fsp3) is 0.125. The van der Waals surface area contributed by atoms with Gasteiger partial charge in [0.25, 0.3) is 5.78 Å². The summed E-state index contributed by atoms with van der Waals surface area (Å²) in [6, 6.07) is 21.4. The van der Waals surface area contributed by atoms with Gasteiger partial charge in [-0.15, -0.1) is 0 Å². The number of anilines is 1. The summed E-state index contributed by atoms with van der Waals surface area (Å²) in [5.41, 5.74) is 4.11. The highest BCUT2D eigenvalue weighted by Crippen LogP contribution is 2.37. The van der Waals surface area contributed by atoms with Gasteiger partial charge >= 0.3 is 5.91 Å². The van der Waals surface area contributed by atoms with Gasteiger partial charge in [0.15, 0.2) is 0 Å². The number of hydrazone groups is 1. The normalized spacial score (nSPS) is 17.7. The van der Waals surface area contributed by atoms with E-state index in [9.17, 15) is 9.59 Å². The van der Waals surface area contributed by atoms with E-state index in [0.717, 1.165) is 30.3 Å². The smallest absolute Gasteiger partial charge is 0.285 e. The summed E-state index contributed by atoms with van der Waals surface area (Å²) in [5, 5.41) is 6.80. The zero-order valence-electron chi connectivity index (χ0n) is 16.6. The molecule has 5 nitrogen and oxygen atoms in total. The third-order valence-electron chi connectivity index (χ3n) is 5.65. The van der Waals surface area contributed by atoms with Crippen LogP contribution >= 0.6 is 47.8 Å². The number of fused-ring (bicyclic) bond motifs is 1. The van der Waals surface area contributed by atoms with Crippen LogP contribution in [0.4, 0.5) is 5.69 Å². The second-order valence-corrected chi connectivity index (χ2v) is 10.4. The number of carbonyl (C=O) groups is 2. The van der Waals surface area contributed by atoms with Crippen LogP contribution in [-0.2, 0) is 4.79 Å². The molecular formula is C24H16Br3N3O2. The van der Waals surface area contributed by atoms with Crippen LogP contribution in [0.2, 0.25) is 0 Å². The Labute approximate surface area is 210 Å². The highest BCUT2D eigenvalue weighted by molar-refractivity contribution is 9.11. The van der Waals surface area contributed by atoms with Crippen molar-refractivity contribution in [3.8, 4) is 0 Å². The number of hydrogen-bond donors (Lipinski definition) is 0. The van der Waals surface area contributed by atoms with Crippen LogP contribution in [0, 0.1) is 0 Å². The Balaban J connectivity index is 1.51. The number of carbonyl (C=O) groups excluding carboxylic acids is 2. The van der Waals surface area contributed by atoms with Crippen LogP contribution in [-0.4, -0.2) is 29.1 Å². The standard InChI is InChI=1S/C24H16Br3N3O2/c25-16-5-1-14(2-6-16)20-12-22(15-3-7-17(26)8-4-15)30(28-20)13-29-21-10-9-18(27)11-19(21)23(31)24(29)32/h1-11,22H,12-13H2/t22-/m1/s1. The van der Waals surface area contributed by atoms with Crippen molar-refractivity contribution in [3.05, 3.63) is 96.8 Å². The van der Waals surface area contributed by atoms with Crippen molar-refractivity contribution in [2.24, 2.45) is 5.10 Å². The van der Waals surface area contributed by atoms with Crippen molar-refractivity contribution in [1.82, 2.24) is 5.01 Å². The van der Waals surface area contributed by atoms with Gasteiger partial charge < -0.3 is 0 Å². The second kappa shape index (κ2) is 8.57. The molecule has 3 aromatic carbocycles. The average molecular weight is 618 g/mol. The molecule has 0 aliphatic carbocycles. The molecule has 0 saturated carbocycles. The molecule has 2 aliphatic heterocycles. The molecule has 2 heterocycles. The average Bonchev–Trinajstić information content (AvgIpc) is 3.30. The van der Waals surface area contributed by atoms with Crippen LogP contribution in [0.25, 0.3) is 0 Å². The predicted octanol–water partition coefficient (Wildman–Crippen LogP) is 6.31. The van der Waals surface area contributed by atoms with Crippen molar-refractivity contribution in [3.63, 3.8) is 0 Å². The molecular weight excluding hydrogens is 602 g/mol. The third kappa shape index (κ3) is 3.95. The Morgan fingerprint density at radius 2 is 1.47 bits per heavy atom. The van der Waals surface area contributed by atoms with E-state index >= 15 is 0 Å². The van der Waals surface area contributed by atoms with Gasteiger partial charge in [0.2, 0.25) is 0 Å². The van der Waals surface area contributed by atoms with Crippen LogP contribution in [0.15, 0.2) is 85.2 Å². The summed E-state index contributed by atoms with van der Waals surface area (Å²) in [6.45, 7) is 0.194. The third-order valence-corrected chi connectivity index (χ3v) is 7.20. The molecule has 0 saturated heterocycles. The lowest BCUT2D eigenvalue weighted by molar-refractivity contribution is -0.114. The summed E-state index contributed by atoms with van der Waals surface area (Å²) >= 11 is 10.4. The molecule has 0 unspecified atom stereocenters. The van der Waals surface area contributed by atoms with Crippen molar-refractivity contribution >= 4 is 70.9 Å². The van der Waals surface area contributed by atoms with Gasteiger partial charge in [0, 0.05) is 19.8 Å². The van der Waals surface area contributed by atoms with E-state index in [-0.39, 0.29) is 12.7 Å². The molecule has 1 amide bonds. The molecule has 0 fully saturated rings. The van der Waals surface area contributed by atoms with Gasteiger partial charge in [-0.25, -0.2) is 0 Å². The van der Waals surface area contributed by atoms with Crippen molar-refractivity contribution < 1.29 is 9.59 Å². The fourth-order valence-corrected chi connectivity index (χ4v) is 4.92. The van der Waals surface area contributed by atoms with Crippen LogP contribution in [0.5, 0.6) is 0 Å².